The van der Waals surface area contributed by atoms with Crippen molar-refractivity contribution in [3.63, 3.8) is 0 Å². The van der Waals surface area contributed by atoms with Crippen LogP contribution in [0.15, 0.2) is 65.6 Å². The molecule has 0 spiro atoms. The van der Waals surface area contributed by atoms with Gasteiger partial charge in [-0.05, 0) is 66.6 Å². The van der Waals surface area contributed by atoms with Gasteiger partial charge in [0.15, 0.2) is 0 Å². The number of aryl methyl sites for hydroxylation is 1. The fraction of sp³-hybridized carbons (Fsp3) is 0.304. The Labute approximate surface area is 161 Å². The van der Waals surface area contributed by atoms with Gasteiger partial charge in [0.05, 0.1) is 6.54 Å². The monoisotopic (exact) mass is 365 g/mol. The lowest BCUT2D eigenvalue weighted by atomic mass is 10.0. The molecule has 0 fully saturated rings. The number of hydrogen-bond acceptors (Lipinski definition) is 2. The first-order chi connectivity index (χ1) is 12.6. The highest BCUT2D eigenvalue weighted by Gasteiger charge is 2.08. The molecular formula is C23H27NOS. The van der Waals surface area contributed by atoms with Gasteiger partial charge in [-0.2, -0.15) is 0 Å². The van der Waals surface area contributed by atoms with Crippen molar-refractivity contribution in [2.45, 2.75) is 38.1 Å². The van der Waals surface area contributed by atoms with Crippen LogP contribution in [0.2, 0.25) is 0 Å². The van der Waals surface area contributed by atoms with Gasteiger partial charge in [-0.15, -0.1) is 11.8 Å². The minimum atomic E-state index is 0.548. The number of nitrogens with zero attached hydrogens (tertiary/aromatic N) is 1. The van der Waals surface area contributed by atoms with Crippen molar-refractivity contribution in [2.24, 2.45) is 0 Å². The molecule has 3 aromatic rings. The van der Waals surface area contributed by atoms with Crippen molar-refractivity contribution < 1.29 is 4.74 Å². The van der Waals surface area contributed by atoms with Gasteiger partial charge in [0.2, 0.25) is 0 Å². The molecule has 1 heterocycles. The summed E-state index contributed by atoms with van der Waals surface area (Å²) in [6.45, 7) is 8.06. The molecule has 26 heavy (non-hydrogen) atoms. The van der Waals surface area contributed by atoms with Crippen LogP contribution in [-0.4, -0.2) is 17.4 Å². The lowest BCUT2D eigenvalue weighted by molar-refractivity contribution is 0.298. The van der Waals surface area contributed by atoms with Crippen LogP contribution < -0.4 is 4.74 Å². The van der Waals surface area contributed by atoms with Crippen LogP contribution in [0, 0.1) is 6.92 Å². The lowest BCUT2D eigenvalue weighted by Gasteiger charge is -2.14. The zero-order valence-corrected chi connectivity index (χ0v) is 16.8. The normalized spacial score (nSPS) is 11.1. The van der Waals surface area contributed by atoms with Gasteiger partial charge < -0.3 is 9.30 Å². The van der Waals surface area contributed by atoms with Crippen molar-refractivity contribution in [1.82, 2.24) is 4.57 Å². The number of benzene rings is 2. The quantitative estimate of drug-likeness (QED) is 0.450. The molecule has 0 unspecified atom stereocenters. The van der Waals surface area contributed by atoms with Gasteiger partial charge in [0.1, 0.15) is 12.4 Å². The fourth-order valence-corrected chi connectivity index (χ4v) is 3.49. The van der Waals surface area contributed by atoms with Gasteiger partial charge in [0, 0.05) is 16.3 Å². The van der Waals surface area contributed by atoms with E-state index >= 15 is 0 Å². The van der Waals surface area contributed by atoms with E-state index in [1.165, 1.54) is 27.4 Å². The van der Waals surface area contributed by atoms with Crippen molar-refractivity contribution >= 4 is 11.8 Å². The summed E-state index contributed by atoms with van der Waals surface area (Å²) in [6.07, 6.45) is 2.10. The molecule has 2 aromatic carbocycles. The summed E-state index contributed by atoms with van der Waals surface area (Å²) in [4.78, 5) is 1.29. The molecule has 0 saturated heterocycles. The molecule has 0 aliphatic rings. The Bertz CT molecular complexity index is 832. The standard InChI is InChI=1S/C23H27NOS/c1-17(2)19-6-10-21(11-7-19)25-16-15-24-18(3)5-14-23(24)20-8-12-22(26-4)13-9-20/h5-14,17H,15-16H2,1-4H3. The Morgan fingerprint density at radius 2 is 1.62 bits per heavy atom. The van der Waals surface area contributed by atoms with Crippen molar-refractivity contribution in [1.29, 1.82) is 0 Å². The second-order valence-electron chi connectivity index (χ2n) is 6.81. The molecule has 0 aliphatic heterocycles. The minimum absolute atomic E-state index is 0.548. The third-order valence-corrected chi connectivity index (χ3v) is 5.46. The third kappa shape index (κ3) is 4.34. The Balaban J connectivity index is 1.67. The number of ether oxygens (including phenoxy) is 1. The molecule has 0 radical (unpaired) electrons. The summed E-state index contributed by atoms with van der Waals surface area (Å²) in [7, 11) is 0. The first kappa shape index (κ1) is 18.7. The molecule has 3 heteroatoms. The Kier molecular flexibility index (Phi) is 6.10. The van der Waals surface area contributed by atoms with Gasteiger partial charge in [-0.1, -0.05) is 38.1 Å². The summed E-state index contributed by atoms with van der Waals surface area (Å²) in [6, 6.07) is 21.6. The third-order valence-electron chi connectivity index (χ3n) is 4.72. The maximum atomic E-state index is 5.97. The molecule has 136 valence electrons. The van der Waals surface area contributed by atoms with E-state index in [4.69, 9.17) is 4.74 Å². The zero-order chi connectivity index (χ0) is 18.5. The maximum absolute atomic E-state index is 5.97. The molecule has 0 atom stereocenters. The highest BCUT2D eigenvalue weighted by atomic mass is 32.2. The first-order valence-electron chi connectivity index (χ1n) is 9.12. The number of thioether (sulfide) groups is 1. The van der Waals surface area contributed by atoms with Crippen LogP contribution in [0.4, 0.5) is 0 Å². The van der Waals surface area contributed by atoms with Crippen LogP contribution in [0.25, 0.3) is 11.3 Å². The molecular weight excluding hydrogens is 338 g/mol. The molecule has 0 saturated carbocycles. The molecule has 0 bridgehead atoms. The first-order valence-corrected chi connectivity index (χ1v) is 10.3. The maximum Gasteiger partial charge on any atom is 0.119 e. The van der Waals surface area contributed by atoms with E-state index in [9.17, 15) is 0 Å². The molecule has 0 aliphatic carbocycles. The summed E-state index contributed by atoms with van der Waals surface area (Å²) < 4.78 is 8.30. The van der Waals surface area contributed by atoms with Gasteiger partial charge in [-0.3, -0.25) is 0 Å². The molecule has 0 amide bonds. The van der Waals surface area contributed by atoms with Crippen molar-refractivity contribution in [3.8, 4) is 17.0 Å². The summed E-state index contributed by atoms with van der Waals surface area (Å²) in [5.41, 5.74) is 5.09. The van der Waals surface area contributed by atoms with Gasteiger partial charge in [0.25, 0.3) is 0 Å². The highest BCUT2D eigenvalue weighted by molar-refractivity contribution is 7.98. The van der Waals surface area contributed by atoms with Gasteiger partial charge >= 0.3 is 0 Å². The van der Waals surface area contributed by atoms with Crippen molar-refractivity contribution in [2.75, 3.05) is 12.9 Å². The summed E-state index contributed by atoms with van der Waals surface area (Å²) in [5.74, 6) is 1.48. The summed E-state index contributed by atoms with van der Waals surface area (Å²) in [5, 5.41) is 0. The Hall–Kier alpha value is -2.13. The minimum Gasteiger partial charge on any atom is -0.492 e. The van der Waals surface area contributed by atoms with E-state index in [1.54, 1.807) is 11.8 Å². The molecule has 0 N–H and O–H groups in total. The SMILES string of the molecule is CSc1ccc(-c2ccc(C)n2CCOc2ccc(C(C)C)cc2)cc1. The second-order valence-corrected chi connectivity index (χ2v) is 7.69. The smallest absolute Gasteiger partial charge is 0.119 e. The average molecular weight is 366 g/mol. The van der Waals surface area contributed by atoms with Crippen LogP contribution >= 0.6 is 11.8 Å². The van der Waals surface area contributed by atoms with Crippen LogP contribution in [0.5, 0.6) is 5.75 Å². The highest BCUT2D eigenvalue weighted by Crippen LogP contribution is 2.25. The van der Waals surface area contributed by atoms with E-state index in [0.29, 0.717) is 12.5 Å². The van der Waals surface area contributed by atoms with Crippen LogP contribution in [0.3, 0.4) is 0 Å². The van der Waals surface area contributed by atoms with E-state index < -0.39 is 0 Å². The lowest BCUT2D eigenvalue weighted by Crippen LogP contribution is -2.10. The van der Waals surface area contributed by atoms with Crippen LogP contribution in [-0.2, 0) is 6.54 Å². The fourth-order valence-electron chi connectivity index (χ4n) is 3.08. The van der Waals surface area contributed by atoms with E-state index in [-0.39, 0.29) is 0 Å². The predicted octanol–water partition coefficient (Wildman–Crippen LogP) is 6.39. The van der Waals surface area contributed by atoms with E-state index in [2.05, 4.69) is 92.3 Å². The van der Waals surface area contributed by atoms with Crippen LogP contribution in [0.1, 0.15) is 31.0 Å². The number of hydrogen-bond donors (Lipinski definition) is 0. The summed E-state index contributed by atoms with van der Waals surface area (Å²) >= 11 is 1.77. The topological polar surface area (TPSA) is 14.2 Å². The van der Waals surface area contributed by atoms with E-state index in [1.807, 2.05) is 0 Å². The largest absolute Gasteiger partial charge is 0.492 e. The zero-order valence-electron chi connectivity index (χ0n) is 16.0. The number of aromatic nitrogens is 1. The van der Waals surface area contributed by atoms with Gasteiger partial charge in [-0.25, -0.2) is 0 Å². The molecule has 1 aromatic heterocycles. The molecule has 2 nitrogen and oxygen atoms in total. The Morgan fingerprint density at radius 3 is 2.23 bits per heavy atom. The second kappa shape index (κ2) is 8.50. The van der Waals surface area contributed by atoms with Crippen molar-refractivity contribution in [3.05, 3.63) is 71.9 Å². The van der Waals surface area contributed by atoms with E-state index in [0.717, 1.165) is 12.3 Å². The molecule has 3 rings (SSSR count). The predicted molar refractivity (Wildman–Crippen MR) is 112 cm³/mol. The average Bonchev–Trinajstić information content (AvgIpc) is 3.03. The number of rotatable bonds is 7. The Morgan fingerprint density at radius 1 is 0.923 bits per heavy atom.